The minimum Gasteiger partial charge on any atom is -0.310 e. The molecule has 1 heteroatoms. The maximum absolute atomic E-state index is 4.01. The SMILES string of the molecule is C=C(C)CCC(NCCC)c1cccc(C)c1C. The maximum atomic E-state index is 4.01. The summed E-state index contributed by atoms with van der Waals surface area (Å²) in [6.07, 6.45) is 3.41. The number of hydrogen-bond donors (Lipinski definition) is 1. The molecule has 0 spiro atoms. The van der Waals surface area contributed by atoms with Crippen molar-refractivity contribution >= 4 is 0 Å². The Morgan fingerprint density at radius 1 is 1.33 bits per heavy atom. The molecule has 0 heterocycles. The summed E-state index contributed by atoms with van der Waals surface area (Å²) >= 11 is 0. The highest BCUT2D eigenvalue weighted by Gasteiger charge is 2.13. The van der Waals surface area contributed by atoms with Crippen molar-refractivity contribution in [1.29, 1.82) is 0 Å². The number of nitrogens with one attached hydrogen (secondary N) is 1. The summed E-state index contributed by atoms with van der Waals surface area (Å²) in [6.45, 7) is 13.8. The van der Waals surface area contributed by atoms with Crippen molar-refractivity contribution in [3.05, 3.63) is 47.0 Å². The van der Waals surface area contributed by atoms with E-state index in [1.54, 1.807) is 0 Å². The molecule has 1 unspecified atom stereocenters. The van der Waals surface area contributed by atoms with Crippen LogP contribution < -0.4 is 5.32 Å². The summed E-state index contributed by atoms with van der Waals surface area (Å²) in [6, 6.07) is 7.07. The molecular formula is C17H27N. The normalized spacial score (nSPS) is 12.4. The van der Waals surface area contributed by atoms with Gasteiger partial charge in [-0.3, -0.25) is 0 Å². The number of benzene rings is 1. The van der Waals surface area contributed by atoms with Crippen molar-refractivity contribution < 1.29 is 0 Å². The zero-order chi connectivity index (χ0) is 13.5. The van der Waals surface area contributed by atoms with E-state index in [1.807, 2.05) is 0 Å². The standard InChI is InChI=1S/C17H27N/c1-6-12-18-17(11-10-13(2)3)16-9-7-8-14(4)15(16)5/h7-9,17-18H,2,6,10-12H2,1,3-5H3. The molecule has 0 amide bonds. The van der Waals surface area contributed by atoms with Crippen LogP contribution in [0.25, 0.3) is 0 Å². The van der Waals surface area contributed by atoms with Gasteiger partial charge in [-0.25, -0.2) is 0 Å². The Morgan fingerprint density at radius 2 is 2.06 bits per heavy atom. The lowest BCUT2D eigenvalue weighted by Crippen LogP contribution is -2.23. The van der Waals surface area contributed by atoms with Gasteiger partial charge in [-0.1, -0.05) is 30.7 Å². The third kappa shape index (κ3) is 4.30. The van der Waals surface area contributed by atoms with Crippen molar-refractivity contribution in [3.63, 3.8) is 0 Å². The lowest BCUT2D eigenvalue weighted by molar-refractivity contribution is 0.496. The Bertz CT molecular complexity index is 393. The van der Waals surface area contributed by atoms with Gasteiger partial charge in [0.25, 0.3) is 0 Å². The summed E-state index contributed by atoms with van der Waals surface area (Å²) in [5, 5.41) is 3.67. The highest BCUT2D eigenvalue weighted by molar-refractivity contribution is 5.35. The molecule has 0 radical (unpaired) electrons. The second-order valence-corrected chi connectivity index (χ2v) is 5.29. The number of hydrogen-bond acceptors (Lipinski definition) is 1. The minimum absolute atomic E-state index is 0.460. The van der Waals surface area contributed by atoms with Crippen LogP contribution in [0.15, 0.2) is 30.4 Å². The third-order valence-corrected chi connectivity index (χ3v) is 3.52. The van der Waals surface area contributed by atoms with Crippen molar-refractivity contribution in [2.45, 2.75) is 53.0 Å². The molecule has 0 saturated carbocycles. The van der Waals surface area contributed by atoms with E-state index in [0.29, 0.717) is 6.04 Å². The average Bonchev–Trinajstić information content (AvgIpc) is 2.33. The van der Waals surface area contributed by atoms with Crippen LogP contribution in [0.3, 0.4) is 0 Å². The molecule has 0 aliphatic heterocycles. The van der Waals surface area contributed by atoms with Crippen LogP contribution in [-0.2, 0) is 0 Å². The van der Waals surface area contributed by atoms with Gasteiger partial charge in [-0.05, 0) is 63.3 Å². The molecule has 1 nitrogen and oxygen atoms in total. The first-order valence-electron chi connectivity index (χ1n) is 7.00. The maximum Gasteiger partial charge on any atom is 0.0326 e. The summed E-state index contributed by atoms with van der Waals surface area (Å²) in [5.41, 5.74) is 5.52. The first kappa shape index (κ1) is 15.0. The third-order valence-electron chi connectivity index (χ3n) is 3.52. The molecule has 0 bridgehead atoms. The van der Waals surface area contributed by atoms with Crippen molar-refractivity contribution in [3.8, 4) is 0 Å². The average molecular weight is 245 g/mol. The molecule has 0 aromatic heterocycles. The summed E-state index contributed by atoms with van der Waals surface area (Å²) < 4.78 is 0. The molecule has 0 fully saturated rings. The van der Waals surface area contributed by atoms with E-state index in [4.69, 9.17) is 0 Å². The zero-order valence-corrected chi connectivity index (χ0v) is 12.3. The van der Waals surface area contributed by atoms with Gasteiger partial charge >= 0.3 is 0 Å². The van der Waals surface area contributed by atoms with Crippen LogP contribution in [0.4, 0.5) is 0 Å². The summed E-state index contributed by atoms with van der Waals surface area (Å²) in [5.74, 6) is 0. The predicted octanol–water partition coefficient (Wildman–Crippen LogP) is 4.70. The fourth-order valence-corrected chi connectivity index (χ4v) is 2.23. The Hall–Kier alpha value is -1.08. The summed E-state index contributed by atoms with van der Waals surface area (Å²) in [7, 11) is 0. The Balaban J connectivity index is 2.86. The van der Waals surface area contributed by atoms with Gasteiger partial charge in [0.1, 0.15) is 0 Å². The minimum atomic E-state index is 0.460. The Kier molecular flexibility index (Phi) is 6.14. The summed E-state index contributed by atoms with van der Waals surface area (Å²) in [4.78, 5) is 0. The number of allylic oxidation sites excluding steroid dienone is 1. The topological polar surface area (TPSA) is 12.0 Å². The molecule has 0 saturated heterocycles. The quantitative estimate of drug-likeness (QED) is 0.687. The van der Waals surface area contributed by atoms with Gasteiger partial charge in [0.05, 0.1) is 0 Å². The molecule has 1 rings (SSSR count). The van der Waals surface area contributed by atoms with E-state index < -0.39 is 0 Å². The van der Waals surface area contributed by atoms with Gasteiger partial charge in [-0.15, -0.1) is 6.58 Å². The molecule has 18 heavy (non-hydrogen) atoms. The first-order valence-corrected chi connectivity index (χ1v) is 7.00. The van der Waals surface area contributed by atoms with Crippen LogP contribution in [0.1, 0.15) is 55.8 Å². The second-order valence-electron chi connectivity index (χ2n) is 5.29. The van der Waals surface area contributed by atoms with Crippen LogP contribution >= 0.6 is 0 Å². The Labute approximate surface area is 112 Å². The van der Waals surface area contributed by atoms with Crippen LogP contribution in [0, 0.1) is 13.8 Å². The fraction of sp³-hybridized carbons (Fsp3) is 0.529. The predicted molar refractivity (Wildman–Crippen MR) is 81.0 cm³/mol. The van der Waals surface area contributed by atoms with E-state index >= 15 is 0 Å². The van der Waals surface area contributed by atoms with Crippen LogP contribution in [0.2, 0.25) is 0 Å². The molecule has 1 N–H and O–H groups in total. The first-order chi connectivity index (χ1) is 8.56. The molecule has 1 aromatic carbocycles. The van der Waals surface area contributed by atoms with Gasteiger partial charge in [0.15, 0.2) is 0 Å². The molecule has 1 atom stereocenters. The van der Waals surface area contributed by atoms with Gasteiger partial charge in [0, 0.05) is 6.04 Å². The molecule has 100 valence electrons. The van der Waals surface area contributed by atoms with E-state index in [-0.39, 0.29) is 0 Å². The number of aryl methyl sites for hydroxylation is 1. The zero-order valence-electron chi connectivity index (χ0n) is 12.3. The van der Waals surface area contributed by atoms with Gasteiger partial charge in [-0.2, -0.15) is 0 Å². The van der Waals surface area contributed by atoms with Crippen LogP contribution in [0.5, 0.6) is 0 Å². The van der Waals surface area contributed by atoms with Crippen LogP contribution in [-0.4, -0.2) is 6.54 Å². The van der Waals surface area contributed by atoms with Gasteiger partial charge in [0.2, 0.25) is 0 Å². The second kappa shape index (κ2) is 7.38. The molecular weight excluding hydrogens is 218 g/mol. The number of rotatable bonds is 7. The molecule has 0 aliphatic carbocycles. The van der Waals surface area contributed by atoms with E-state index in [2.05, 4.69) is 57.8 Å². The Morgan fingerprint density at radius 3 is 2.67 bits per heavy atom. The lowest BCUT2D eigenvalue weighted by Gasteiger charge is -2.22. The van der Waals surface area contributed by atoms with E-state index in [1.165, 1.54) is 28.7 Å². The van der Waals surface area contributed by atoms with Gasteiger partial charge < -0.3 is 5.32 Å². The lowest BCUT2D eigenvalue weighted by atomic mass is 9.93. The van der Waals surface area contributed by atoms with E-state index in [0.717, 1.165) is 19.4 Å². The monoisotopic (exact) mass is 245 g/mol. The highest BCUT2D eigenvalue weighted by Crippen LogP contribution is 2.25. The molecule has 1 aromatic rings. The largest absolute Gasteiger partial charge is 0.310 e. The fourth-order valence-electron chi connectivity index (χ4n) is 2.23. The van der Waals surface area contributed by atoms with E-state index in [9.17, 15) is 0 Å². The molecule has 0 aliphatic rings. The van der Waals surface area contributed by atoms with Crippen molar-refractivity contribution in [2.24, 2.45) is 0 Å². The van der Waals surface area contributed by atoms with Crippen molar-refractivity contribution in [1.82, 2.24) is 5.32 Å². The highest BCUT2D eigenvalue weighted by atomic mass is 14.9. The van der Waals surface area contributed by atoms with Crippen molar-refractivity contribution in [2.75, 3.05) is 6.54 Å². The smallest absolute Gasteiger partial charge is 0.0326 e.